The third-order valence-corrected chi connectivity index (χ3v) is 4.07. The van der Waals surface area contributed by atoms with Crippen molar-refractivity contribution < 1.29 is 0 Å². The first-order valence-electron chi connectivity index (χ1n) is 5.70. The van der Waals surface area contributed by atoms with E-state index in [1.165, 1.54) is 0 Å². The van der Waals surface area contributed by atoms with Crippen LogP contribution in [0.3, 0.4) is 0 Å². The Morgan fingerprint density at radius 1 is 1.41 bits per heavy atom. The Bertz CT molecular complexity index is 660. The summed E-state index contributed by atoms with van der Waals surface area (Å²) >= 11 is 3.53. The summed E-state index contributed by atoms with van der Waals surface area (Å²) in [5.41, 5.74) is 3.25. The molecule has 1 aromatic heterocycles. The van der Waals surface area contributed by atoms with Crippen molar-refractivity contribution in [1.29, 1.82) is 0 Å². The molecule has 17 heavy (non-hydrogen) atoms. The number of nitrogens with one attached hydrogen (secondary N) is 1. The van der Waals surface area contributed by atoms with Crippen LogP contribution in [0.25, 0.3) is 10.9 Å². The van der Waals surface area contributed by atoms with Crippen molar-refractivity contribution >= 4 is 26.8 Å². The van der Waals surface area contributed by atoms with Crippen molar-refractivity contribution in [2.24, 2.45) is 7.05 Å². The number of hydrogen-bond acceptors (Lipinski definition) is 2. The molecule has 0 atom stereocenters. The molecule has 0 amide bonds. The van der Waals surface area contributed by atoms with Gasteiger partial charge in [0, 0.05) is 47.7 Å². The Hall–Kier alpha value is -1.13. The van der Waals surface area contributed by atoms with Crippen molar-refractivity contribution in [3.8, 4) is 0 Å². The molecule has 88 valence electrons. The van der Waals surface area contributed by atoms with Crippen LogP contribution in [-0.2, 0) is 20.0 Å². The van der Waals surface area contributed by atoms with Gasteiger partial charge in [-0.05, 0) is 28.1 Å². The van der Waals surface area contributed by atoms with Gasteiger partial charge in [-0.25, -0.2) is 0 Å². The highest BCUT2D eigenvalue weighted by Gasteiger charge is 2.18. The van der Waals surface area contributed by atoms with Crippen molar-refractivity contribution in [2.45, 2.75) is 13.0 Å². The highest BCUT2D eigenvalue weighted by atomic mass is 79.9. The van der Waals surface area contributed by atoms with Crippen LogP contribution < -0.4 is 10.7 Å². The van der Waals surface area contributed by atoms with Gasteiger partial charge in [-0.1, -0.05) is 6.07 Å². The average Bonchev–Trinajstić information content (AvgIpc) is 2.36. The van der Waals surface area contributed by atoms with Crippen molar-refractivity contribution in [3.05, 3.63) is 44.2 Å². The zero-order chi connectivity index (χ0) is 12.0. The number of fused-ring (bicyclic) bond motifs is 2. The summed E-state index contributed by atoms with van der Waals surface area (Å²) in [6.07, 6.45) is 0.915. The molecular weight excluding hydrogens is 280 g/mol. The average molecular weight is 293 g/mol. The van der Waals surface area contributed by atoms with Crippen LogP contribution in [0.1, 0.15) is 11.3 Å². The van der Waals surface area contributed by atoms with Crippen LogP contribution in [0.4, 0.5) is 0 Å². The van der Waals surface area contributed by atoms with Gasteiger partial charge >= 0.3 is 0 Å². The largest absolute Gasteiger partial charge is 0.346 e. The number of benzene rings is 1. The summed E-state index contributed by atoms with van der Waals surface area (Å²) in [6.45, 7) is 1.63. The second kappa shape index (κ2) is 3.96. The fraction of sp³-hybridized carbons (Fsp3) is 0.308. The maximum atomic E-state index is 12.4. The topological polar surface area (TPSA) is 34.0 Å². The summed E-state index contributed by atoms with van der Waals surface area (Å²) < 4.78 is 3.13. The van der Waals surface area contributed by atoms with Crippen LogP contribution in [0.15, 0.2) is 27.5 Å². The number of pyridine rings is 1. The first-order valence-corrected chi connectivity index (χ1v) is 6.49. The molecular formula is C13H13BrN2O. The first kappa shape index (κ1) is 11.0. The van der Waals surface area contributed by atoms with Gasteiger partial charge in [-0.3, -0.25) is 4.79 Å². The minimum Gasteiger partial charge on any atom is -0.346 e. The molecule has 0 bridgehead atoms. The standard InChI is InChI=1S/C13H13BrN2O/c1-16-11-5-6-15-7-9(11)13(17)8-3-2-4-10(14)12(8)16/h2-4,15H,5-7H2,1H3. The van der Waals surface area contributed by atoms with Gasteiger partial charge in [0.25, 0.3) is 0 Å². The third kappa shape index (κ3) is 1.55. The number of nitrogens with zero attached hydrogens (tertiary/aromatic N) is 1. The summed E-state index contributed by atoms with van der Waals surface area (Å²) in [5, 5.41) is 4.06. The normalized spacial score (nSPS) is 14.9. The minimum atomic E-state index is 0.168. The maximum absolute atomic E-state index is 12.4. The smallest absolute Gasteiger partial charge is 0.194 e. The number of halogens is 1. The predicted molar refractivity (Wildman–Crippen MR) is 72.3 cm³/mol. The van der Waals surface area contributed by atoms with Crippen LogP contribution in [-0.4, -0.2) is 11.1 Å². The summed E-state index contributed by atoms with van der Waals surface area (Å²) in [7, 11) is 2.04. The first-order chi connectivity index (χ1) is 8.20. The van der Waals surface area contributed by atoms with E-state index < -0.39 is 0 Å². The minimum absolute atomic E-state index is 0.168. The summed E-state index contributed by atoms with van der Waals surface area (Å²) in [5.74, 6) is 0. The van der Waals surface area contributed by atoms with Crippen LogP contribution >= 0.6 is 15.9 Å². The number of aromatic nitrogens is 1. The van der Waals surface area contributed by atoms with E-state index in [4.69, 9.17) is 0 Å². The second-order valence-electron chi connectivity index (χ2n) is 4.38. The molecule has 0 fully saturated rings. The van der Waals surface area contributed by atoms with E-state index in [1.54, 1.807) is 0 Å². The highest BCUT2D eigenvalue weighted by Crippen LogP contribution is 2.24. The Morgan fingerprint density at radius 3 is 3.06 bits per heavy atom. The fourth-order valence-electron chi connectivity index (χ4n) is 2.59. The Balaban J connectivity index is 2.52. The van der Waals surface area contributed by atoms with Crippen molar-refractivity contribution in [3.63, 3.8) is 0 Å². The Morgan fingerprint density at radius 2 is 2.24 bits per heavy atom. The predicted octanol–water partition coefficient (Wildman–Crippen LogP) is 1.95. The molecule has 2 heterocycles. The number of rotatable bonds is 0. The van der Waals surface area contributed by atoms with Gasteiger partial charge in [-0.2, -0.15) is 0 Å². The fourth-order valence-corrected chi connectivity index (χ4v) is 3.22. The van der Waals surface area contributed by atoms with Crippen molar-refractivity contribution in [1.82, 2.24) is 9.88 Å². The molecule has 0 radical (unpaired) electrons. The van der Waals surface area contributed by atoms with E-state index in [-0.39, 0.29) is 5.43 Å². The molecule has 1 aromatic carbocycles. The quantitative estimate of drug-likeness (QED) is 0.805. The number of aryl methyl sites for hydroxylation is 1. The van der Waals surface area contributed by atoms with Gasteiger partial charge in [0.2, 0.25) is 0 Å². The maximum Gasteiger partial charge on any atom is 0.194 e. The Labute approximate surface area is 108 Å². The van der Waals surface area contributed by atoms with Crippen LogP contribution in [0.2, 0.25) is 0 Å². The molecule has 3 rings (SSSR count). The van der Waals surface area contributed by atoms with E-state index in [9.17, 15) is 4.79 Å². The molecule has 3 nitrogen and oxygen atoms in total. The molecule has 0 unspecified atom stereocenters. The third-order valence-electron chi connectivity index (χ3n) is 3.43. The van der Waals surface area contributed by atoms with Crippen molar-refractivity contribution in [2.75, 3.05) is 6.54 Å². The molecule has 0 saturated carbocycles. The summed E-state index contributed by atoms with van der Waals surface area (Å²) in [4.78, 5) is 12.4. The summed E-state index contributed by atoms with van der Waals surface area (Å²) in [6, 6.07) is 5.79. The van der Waals surface area contributed by atoms with E-state index >= 15 is 0 Å². The van der Waals surface area contributed by atoms with Gasteiger partial charge < -0.3 is 9.88 Å². The zero-order valence-electron chi connectivity index (χ0n) is 9.59. The van der Waals surface area contributed by atoms with E-state index in [0.29, 0.717) is 6.54 Å². The van der Waals surface area contributed by atoms with E-state index in [1.807, 2.05) is 25.2 Å². The second-order valence-corrected chi connectivity index (χ2v) is 5.23. The van der Waals surface area contributed by atoms with Gasteiger partial charge in [0.05, 0.1) is 5.52 Å². The zero-order valence-corrected chi connectivity index (χ0v) is 11.2. The molecule has 2 aromatic rings. The number of hydrogen-bond donors (Lipinski definition) is 1. The van der Waals surface area contributed by atoms with Gasteiger partial charge in [-0.15, -0.1) is 0 Å². The lowest BCUT2D eigenvalue weighted by atomic mass is 10.0. The van der Waals surface area contributed by atoms with Crippen LogP contribution in [0, 0.1) is 0 Å². The highest BCUT2D eigenvalue weighted by molar-refractivity contribution is 9.10. The molecule has 4 heteroatoms. The molecule has 0 aliphatic carbocycles. The van der Waals surface area contributed by atoms with E-state index in [0.717, 1.165) is 39.6 Å². The molecule has 0 spiro atoms. The SMILES string of the molecule is Cn1c2c(c(=O)c3cccc(Br)c31)CNCC2. The molecule has 1 aliphatic heterocycles. The molecule has 0 saturated heterocycles. The number of para-hydroxylation sites is 1. The Kier molecular flexibility index (Phi) is 2.56. The lowest BCUT2D eigenvalue weighted by molar-refractivity contribution is 0.607. The lowest BCUT2D eigenvalue weighted by Crippen LogP contribution is -2.32. The van der Waals surface area contributed by atoms with Crippen LogP contribution in [0.5, 0.6) is 0 Å². The molecule has 1 aliphatic rings. The molecule has 1 N–H and O–H groups in total. The van der Waals surface area contributed by atoms with Gasteiger partial charge in [0.1, 0.15) is 0 Å². The van der Waals surface area contributed by atoms with Gasteiger partial charge in [0.15, 0.2) is 5.43 Å². The monoisotopic (exact) mass is 292 g/mol. The lowest BCUT2D eigenvalue weighted by Gasteiger charge is -2.22. The van der Waals surface area contributed by atoms with E-state index in [2.05, 4.69) is 25.8 Å².